The number of rotatable bonds is 5. The van der Waals surface area contributed by atoms with Crippen molar-refractivity contribution in [3.63, 3.8) is 0 Å². The zero-order valence-electron chi connectivity index (χ0n) is 9.10. The summed E-state index contributed by atoms with van der Waals surface area (Å²) in [4.78, 5) is 0. The average Bonchev–Trinajstić information content (AvgIpc) is 2.79. The van der Waals surface area contributed by atoms with Crippen LogP contribution < -0.4 is 5.32 Å². The SMILES string of the molecule is c1cc(CNC2CC2)n(Cc2ccsc2)n1. The maximum absolute atomic E-state index is 4.37. The number of thiophene rings is 1. The first-order valence-corrected chi connectivity index (χ1v) is 6.61. The second-order valence-corrected chi connectivity index (χ2v) is 5.05. The number of nitrogens with zero attached hydrogens (tertiary/aromatic N) is 2. The number of hydrogen-bond donors (Lipinski definition) is 1. The molecule has 2 aromatic rings. The van der Waals surface area contributed by atoms with E-state index in [2.05, 4.69) is 38.0 Å². The van der Waals surface area contributed by atoms with Crippen LogP contribution in [0.2, 0.25) is 0 Å². The number of nitrogens with one attached hydrogen (secondary N) is 1. The van der Waals surface area contributed by atoms with Crippen LogP contribution in [0.15, 0.2) is 29.1 Å². The predicted octanol–water partition coefficient (Wildman–Crippen LogP) is 2.24. The standard InChI is InChI=1S/C12H15N3S/c1-2-11(1)13-7-12-3-5-14-15(12)8-10-4-6-16-9-10/h3-6,9,11,13H,1-2,7-8H2. The Balaban J connectivity index is 1.66. The molecule has 84 valence electrons. The van der Waals surface area contributed by atoms with Crippen LogP contribution in [-0.2, 0) is 13.1 Å². The maximum atomic E-state index is 4.37. The van der Waals surface area contributed by atoms with Gasteiger partial charge in [-0.3, -0.25) is 4.68 Å². The molecule has 0 atom stereocenters. The van der Waals surface area contributed by atoms with Crippen molar-refractivity contribution in [3.05, 3.63) is 40.3 Å². The van der Waals surface area contributed by atoms with Gasteiger partial charge in [-0.1, -0.05) is 0 Å². The number of hydrogen-bond acceptors (Lipinski definition) is 3. The van der Waals surface area contributed by atoms with Crippen LogP contribution in [0.4, 0.5) is 0 Å². The molecule has 16 heavy (non-hydrogen) atoms. The first-order valence-electron chi connectivity index (χ1n) is 5.67. The van der Waals surface area contributed by atoms with Crippen LogP contribution in [0.3, 0.4) is 0 Å². The Labute approximate surface area is 99.1 Å². The molecule has 0 unspecified atom stereocenters. The van der Waals surface area contributed by atoms with Crippen molar-refractivity contribution in [1.29, 1.82) is 0 Å². The van der Waals surface area contributed by atoms with Gasteiger partial charge in [-0.2, -0.15) is 16.4 Å². The zero-order chi connectivity index (χ0) is 10.8. The highest BCUT2D eigenvalue weighted by atomic mass is 32.1. The van der Waals surface area contributed by atoms with E-state index in [4.69, 9.17) is 0 Å². The largest absolute Gasteiger partial charge is 0.308 e. The van der Waals surface area contributed by atoms with Gasteiger partial charge in [-0.25, -0.2) is 0 Å². The fraction of sp³-hybridized carbons (Fsp3) is 0.417. The number of aromatic nitrogens is 2. The summed E-state index contributed by atoms with van der Waals surface area (Å²) in [6, 6.07) is 5.01. The van der Waals surface area contributed by atoms with Crippen molar-refractivity contribution in [3.8, 4) is 0 Å². The van der Waals surface area contributed by atoms with Gasteiger partial charge in [-0.15, -0.1) is 0 Å². The topological polar surface area (TPSA) is 29.9 Å². The van der Waals surface area contributed by atoms with Gasteiger partial charge in [0.25, 0.3) is 0 Å². The van der Waals surface area contributed by atoms with E-state index in [0.29, 0.717) is 0 Å². The van der Waals surface area contributed by atoms with Crippen molar-refractivity contribution in [1.82, 2.24) is 15.1 Å². The Kier molecular flexibility index (Phi) is 2.76. The molecule has 1 N–H and O–H groups in total. The summed E-state index contributed by atoms with van der Waals surface area (Å²) >= 11 is 1.74. The molecule has 1 fully saturated rings. The third-order valence-electron chi connectivity index (χ3n) is 2.87. The van der Waals surface area contributed by atoms with Crippen molar-refractivity contribution < 1.29 is 0 Å². The van der Waals surface area contributed by atoms with E-state index in [9.17, 15) is 0 Å². The molecule has 0 bridgehead atoms. The van der Waals surface area contributed by atoms with E-state index < -0.39 is 0 Å². The Bertz CT molecular complexity index is 443. The van der Waals surface area contributed by atoms with Gasteiger partial charge < -0.3 is 5.32 Å². The molecule has 1 aliphatic rings. The van der Waals surface area contributed by atoms with Crippen LogP contribution in [0.5, 0.6) is 0 Å². The molecule has 3 rings (SSSR count). The Hall–Kier alpha value is -1.13. The van der Waals surface area contributed by atoms with E-state index in [1.54, 1.807) is 11.3 Å². The molecular formula is C12H15N3S. The molecule has 3 nitrogen and oxygen atoms in total. The summed E-state index contributed by atoms with van der Waals surface area (Å²) in [5, 5.41) is 12.2. The lowest BCUT2D eigenvalue weighted by Crippen LogP contribution is -2.18. The van der Waals surface area contributed by atoms with Gasteiger partial charge >= 0.3 is 0 Å². The minimum absolute atomic E-state index is 0.754. The molecule has 4 heteroatoms. The summed E-state index contributed by atoms with van der Waals surface area (Å²) in [7, 11) is 0. The van der Waals surface area contributed by atoms with Gasteiger partial charge in [0.15, 0.2) is 0 Å². The van der Waals surface area contributed by atoms with Crippen LogP contribution in [0.1, 0.15) is 24.1 Å². The summed E-state index contributed by atoms with van der Waals surface area (Å²) in [5.41, 5.74) is 2.61. The Morgan fingerprint density at radius 1 is 1.44 bits per heavy atom. The van der Waals surface area contributed by atoms with E-state index in [0.717, 1.165) is 19.1 Å². The molecule has 1 aliphatic carbocycles. The van der Waals surface area contributed by atoms with Gasteiger partial charge in [-0.05, 0) is 41.3 Å². The van der Waals surface area contributed by atoms with E-state index in [-0.39, 0.29) is 0 Å². The van der Waals surface area contributed by atoms with E-state index in [1.165, 1.54) is 24.1 Å². The molecule has 2 heterocycles. The van der Waals surface area contributed by atoms with Crippen molar-refractivity contribution in [2.45, 2.75) is 32.0 Å². The minimum Gasteiger partial charge on any atom is -0.308 e. The lowest BCUT2D eigenvalue weighted by atomic mass is 10.3. The lowest BCUT2D eigenvalue weighted by molar-refractivity contribution is 0.594. The Morgan fingerprint density at radius 3 is 3.12 bits per heavy atom. The summed E-state index contributed by atoms with van der Waals surface area (Å²) in [6.45, 7) is 1.83. The summed E-state index contributed by atoms with van der Waals surface area (Å²) in [5.74, 6) is 0. The molecule has 2 aromatic heterocycles. The van der Waals surface area contributed by atoms with Gasteiger partial charge in [0.2, 0.25) is 0 Å². The molecule has 0 amide bonds. The second kappa shape index (κ2) is 4.39. The average molecular weight is 233 g/mol. The molecular weight excluding hydrogens is 218 g/mol. The van der Waals surface area contributed by atoms with E-state index in [1.807, 2.05) is 6.20 Å². The molecule has 0 aromatic carbocycles. The van der Waals surface area contributed by atoms with Crippen LogP contribution >= 0.6 is 11.3 Å². The lowest BCUT2D eigenvalue weighted by Gasteiger charge is -2.07. The maximum Gasteiger partial charge on any atom is 0.0671 e. The van der Waals surface area contributed by atoms with Gasteiger partial charge in [0.1, 0.15) is 0 Å². The molecule has 0 radical (unpaired) electrons. The predicted molar refractivity (Wildman–Crippen MR) is 65.5 cm³/mol. The third-order valence-corrected chi connectivity index (χ3v) is 3.60. The third kappa shape index (κ3) is 2.33. The van der Waals surface area contributed by atoms with Crippen molar-refractivity contribution in [2.75, 3.05) is 0 Å². The van der Waals surface area contributed by atoms with Gasteiger partial charge in [0, 0.05) is 18.8 Å². The van der Waals surface area contributed by atoms with Crippen LogP contribution in [0.25, 0.3) is 0 Å². The van der Waals surface area contributed by atoms with E-state index >= 15 is 0 Å². The first kappa shape index (κ1) is 10.1. The zero-order valence-corrected chi connectivity index (χ0v) is 9.91. The Morgan fingerprint density at radius 2 is 2.38 bits per heavy atom. The fourth-order valence-corrected chi connectivity index (χ4v) is 2.40. The first-order chi connectivity index (χ1) is 7.92. The smallest absolute Gasteiger partial charge is 0.0671 e. The second-order valence-electron chi connectivity index (χ2n) is 4.27. The highest BCUT2D eigenvalue weighted by Gasteiger charge is 2.20. The molecule has 0 saturated heterocycles. The van der Waals surface area contributed by atoms with Crippen LogP contribution in [0, 0.1) is 0 Å². The normalized spacial score (nSPS) is 15.5. The van der Waals surface area contributed by atoms with Gasteiger partial charge in [0.05, 0.1) is 12.2 Å². The molecule has 1 saturated carbocycles. The highest BCUT2D eigenvalue weighted by Crippen LogP contribution is 2.19. The van der Waals surface area contributed by atoms with Crippen molar-refractivity contribution >= 4 is 11.3 Å². The molecule has 0 aliphatic heterocycles. The monoisotopic (exact) mass is 233 g/mol. The highest BCUT2D eigenvalue weighted by molar-refractivity contribution is 7.07. The quantitative estimate of drug-likeness (QED) is 0.858. The summed E-state index contributed by atoms with van der Waals surface area (Å²) < 4.78 is 2.08. The minimum atomic E-state index is 0.754. The summed E-state index contributed by atoms with van der Waals surface area (Å²) in [6.07, 6.45) is 4.55. The fourth-order valence-electron chi connectivity index (χ4n) is 1.74. The van der Waals surface area contributed by atoms with Crippen molar-refractivity contribution in [2.24, 2.45) is 0 Å². The molecule has 0 spiro atoms. The van der Waals surface area contributed by atoms with Crippen LogP contribution in [-0.4, -0.2) is 15.8 Å².